The molecule has 1 aromatic carbocycles. The lowest BCUT2D eigenvalue weighted by atomic mass is 9.84. The summed E-state index contributed by atoms with van der Waals surface area (Å²) in [5.41, 5.74) is 1.15. The van der Waals surface area contributed by atoms with Crippen LogP contribution in [0, 0.1) is 5.92 Å². The highest BCUT2D eigenvalue weighted by Gasteiger charge is 2.25. The van der Waals surface area contributed by atoms with Crippen LogP contribution in [0.5, 0.6) is 5.75 Å². The summed E-state index contributed by atoms with van der Waals surface area (Å²) in [5, 5.41) is 7.17. The van der Waals surface area contributed by atoms with Crippen LogP contribution in [0.25, 0.3) is 0 Å². The van der Waals surface area contributed by atoms with Gasteiger partial charge in [0.05, 0.1) is 12.6 Å². The van der Waals surface area contributed by atoms with Crippen molar-refractivity contribution in [1.82, 2.24) is 15.5 Å². The van der Waals surface area contributed by atoms with Gasteiger partial charge in [-0.2, -0.15) is 0 Å². The molecule has 0 spiro atoms. The maximum absolute atomic E-state index is 12.1. The smallest absolute Gasteiger partial charge is 0.243 e. The first-order chi connectivity index (χ1) is 13.6. The number of nitrogens with one attached hydrogen (secondary N) is 2. The zero-order chi connectivity index (χ0) is 19.9. The fraction of sp³-hybridized carbons (Fsp3) is 0.636. The highest BCUT2D eigenvalue weighted by Crippen LogP contribution is 2.31. The number of aliphatic imine (C=N–C) groups is 1. The number of hydrogen-bond acceptors (Lipinski definition) is 3. The van der Waals surface area contributed by atoms with Gasteiger partial charge in [0.2, 0.25) is 5.91 Å². The number of para-hydroxylation sites is 1. The van der Waals surface area contributed by atoms with Gasteiger partial charge in [0.25, 0.3) is 0 Å². The Bertz CT molecular complexity index is 681. The second-order valence-corrected chi connectivity index (χ2v) is 8.10. The molecular weight excluding hydrogens is 352 g/mol. The van der Waals surface area contributed by atoms with E-state index in [0.29, 0.717) is 12.6 Å². The molecule has 1 atom stereocenters. The highest BCUT2D eigenvalue weighted by atomic mass is 16.5. The standard InChI is InChI=1S/C22H34N4O2/c1-4-16-9-11-17(12-10-16)24-22(23-15-21(27)26(2)3)25-19-13-14-28-20-8-6-5-7-18(19)20/h5-8,16-17,19H,4,9-15H2,1-3H3,(H2,23,24,25). The Hall–Kier alpha value is -2.24. The zero-order valence-corrected chi connectivity index (χ0v) is 17.4. The molecule has 1 aliphatic carbocycles. The first-order valence-electron chi connectivity index (χ1n) is 10.6. The summed E-state index contributed by atoms with van der Waals surface area (Å²) in [6, 6.07) is 8.69. The number of hydrogen-bond donors (Lipinski definition) is 2. The molecular formula is C22H34N4O2. The van der Waals surface area contributed by atoms with Gasteiger partial charge in [0, 0.05) is 32.1 Å². The van der Waals surface area contributed by atoms with E-state index in [2.05, 4.69) is 28.6 Å². The molecule has 0 radical (unpaired) electrons. The SMILES string of the molecule is CCC1CCC(NC(=NCC(=O)N(C)C)NC2CCOc3ccccc32)CC1. The van der Waals surface area contributed by atoms with Crippen molar-refractivity contribution in [3.63, 3.8) is 0 Å². The Kier molecular flexibility index (Phi) is 7.18. The second kappa shape index (κ2) is 9.80. The van der Waals surface area contributed by atoms with E-state index >= 15 is 0 Å². The number of benzene rings is 1. The third-order valence-electron chi connectivity index (χ3n) is 5.91. The van der Waals surface area contributed by atoms with Gasteiger partial charge in [-0.3, -0.25) is 4.79 Å². The molecule has 1 amide bonds. The summed E-state index contributed by atoms with van der Waals surface area (Å²) in [5.74, 6) is 2.52. The van der Waals surface area contributed by atoms with Crippen molar-refractivity contribution in [2.45, 2.75) is 57.5 Å². The van der Waals surface area contributed by atoms with Gasteiger partial charge < -0.3 is 20.3 Å². The Balaban J connectivity index is 1.70. The Morgan fingerprint density at radius 2 is 1.89 bits per heavy atom. The summed E-state index contributed by atoms with van der Waals surface area (Å²) in [4.78, 5) is 18.2. The minimum absolute atomic E-state index is 0.00293. The quantitative estimate of drug-likeness (QED) is 0.603. The lowest BCUT2D eigenvalue weighted by molar-refractivity contribution is -0.127. The molecule has 0 saturated heterocycles. The number of nitrogens with zero attached hydrogens (tertiary/aromatic N) is 2. The lowest BCUT2D eigenvalue weighted by Crippen LogP contribution is -2.47. The number of carbonyl (C=O) groups excluding carboxylic acids is 1. The second-order valence-electron chi connectivity index (χ2n) is 8.10. The minimum Gasteiger partial charge on any atom is -0.493 e. The number of likely N-dealkylation sites (N-methyl/N-ethyl adjacent to an activating group) is 1. The average molecular weight is 387 g/mol. The average Bonchev–Trinajstić information content (AvgIpc) is 2.72. The lowest BCUT2D eigenvalue weighted by Gasteiger charge is -2.32. The third-order valence-corrected chi connectivity index (χ3v) is 5.91. The third kappa shape index (κ3) is 5.40. The van der Waals surface area contributed by atoms with Crippen molar-refractivity contribution < 1.29 is 9.53 Å². The van der Waals surface area contributed by atoms with Gasteiger partial charge in [-0.15, -0.1) is 0 Å². The van der Waals surface area contributed by atoms with Crippen molar-refractivity contribution >= 4 is 11.9 Å². The summed E-state index contributed by atoms with van der Waals surface area (Å²) >= 11 is 0. The van der Waals surface area contributed by atoms with E-state index in [4.69, 9.17) is 4.74 Å². The number of rotatable bonds is 5. The molecule has 28 heavy (non-hydrogen) atoms. The van der Waals surface area contributed by atoms with Gasteiger partial charge in [-0.05, 0) is 37.7 Å². The summed E-state index contributed by atoms with van der Waals surface area (Å²) in [6.07, 6.45) is 6.98. The summed E-state index contributed by atoms with van der Waals surface area (Å²) in [7, 11) is 3.53. The molecule has 0 aromatic heterocycles. The zero-order valence-electron chi connectivity index (χ0n) is 17.4. The molecule has 6 nitrogen and oxygen atoms in total. The number of guanidine groups is 1. The van der Waals surface area contributed by atoms with E-state index in [-0.39, 0.29) is 18.5 Å². The van der Waals surface area contributed by atoms with E-state index in [1.165, 1.54) is 19.3 Å². The number of carbonyl (C=O) groups is 1. The normalized spacial score (nSPS) is 24.7. The number of ether oxygens (including phenoxy) is 1. The van der Waals surface area contributed by atoms with Crippen molar-refractivity contribution in [1.29, 1.82) is 0 Å². The van der Waals surface area contributed by atoms with Crippen molar-refractivity contribution in [3.05, 3.63) is 29.8 Å². The van der Waals surface area contributed by atoms with Gasteiger partial charge in [-0.1, -0.05) is 31.5 Å². The van der Waals surface area contributed by atoms with Crippen LogP contribution < -0.4 is 15.4 Å². The van der Waals surface area contributed by atoms with Crippen LogP contribution in [0.3, 0.4) is 0 Å². The van der Waals surface area contributed by atoms with Crippen LogP contribution in [0.4, 0.5) is 0 Å². The predicted octanol–water partition coefficient (Wildman–Crippen LogP) is 3.10. The molecule has 2 aliphatic rings. The summed E-state index contributed by atoms with van der Waals surface area (Å²) < 4.78 is 5.78. The van der Waals surface area contributed by atoms with E-state index in [0.717, 1.165) is 42.5 Å². The van der Waals surface area contributed by atoms with Crippen molar-refractivity contribution in [3.8, 4) is 5.75 Å². The van der Waals surface area contributed by atoms with Gasteiger partial charge in [-0.25, -0.2) is 4.99 Å². The van der Waals surface area contributed by atoms with Gasteiger partial charge in [0.1, 0.15) is 12.3 Å². The maximum Gasteiger partial charge on any atom is 0.243 e. The maximum atomic E-state index is 12.1. The van der Waals surface area contributed by atoms with Crippen LogP contribution in [-0.2, 0) is 4.79 Å². The predicted molar refractivity (Wildman–Crippen MR) is 113 cm³/mol. The molecule has 1 unspecified atom stereocenters. The fourth-order valence-corrected chi connectivity index (χ4v) is 3.99. The molecule has 2 N–H and O–H groups in total. The Morgan fingerprint density at radius 3 is 2.61 bits per heavy atom. The Morgan fingerprint density at radius 1 is 1.14 bits per heavy atom. The van der Waals surface area contributed by atoms with Crippen LogP contribution in [0.15, 0.2) is 29.3 Å². The van der Waals surface area contributed by atoms with Crippen LogP contribution in [0.1, 0.15) is 57.1 Å². The molecule has 1 fully saturated rings. The topological polar surface area (TPSA) is 66.0 Å². The molecule has 1 aromatic rings. The molecule has 154 valence electrons. The van der Waals surface area contributed by atoms with Crippen molar-refractivity contribution in [2.24, 2.45) is 10.9 Å². The monoisotopic (exact) mass is 386 g/mol. The Labute approximate surface area is 168 Å². The van der Waals surface area contributed by atoms with Crippen LogP contribution in [0.2, 0.25) is 0 Å². The largest absolute Gasteiger partial charge is 0.493 e. The molecule has 1 heterocycles. The minimum atomic E-state index is 0.00293. The molecule has 1 aliphatic heterocycles. The van der Waals surface area contributed by atoms with Crippen molar-refractivity contribution in [2.75, 3.05) is 27.2 Å². The number of fused-ring (bicyclic) bond motifs is 1. The molecule has 0 bridgehead atoms. The van der Waals surface area contributed by atoms with E-state index in [1.54, 1.807) is 19.0 Å². The van der Waals surface area contributed by atoms with E-state index in [1.807, 2.05) is 18.2 Å². The highest BCUT2D eigenvalue weighted by molar-refractivity contribution is 5.85. The first-order valence-corrected chi connectivity index (χ1v) is 10.6. The first kappa shape index (κ1) is 20.5. The van der Waals surface area contributed by atoms with Crippen LogP contribution >= 0.6 is 0 Å². The van der Waals surface area contributed by atoms with E-state index < -0.39 is 0 Å². The number of amides is 1. The van der Waals surface area contributed by atoms with Gasteiger partial charge in [0.15, 0.2) is 5.96 Å². The summed E-state index contributed by atoms with van der Waals surface area (Å²) in [6.45, 7) is 3.11. The molecule has 6 heteroatoms. The van der Waals surface area contributed by atoms with Crippen LogP contribution in [-0.4, -0.2) is 50.1 Å². The molecule has 1 saturated carbocycles. The fourth-order valence-electron chi connectivity index (χ4n) is 3.99. The van der Waals surface area contributed by atoms with Gasteiger partial charge >= 0.3 is 0 Å². The van der Waals surface area contributed by atoms with E-state index in [9.17, 15) is 4.79 Å². The molecule has 3 rings (SSSR count).